The molecule has 1 aliphatic rings. The lowest BCUT2D eigenvalue weighted by Gasteiger charge is -2.31. The van der Waals surface area contributed by atoms with Crippen LogP contribution in [-0.4, -0.2) is 55.1 Å². The number of nitro benzene ring substituents is 1. The minimum atomic E-state index is -4.12. The molecule has 1 atom stereocenters. The van der Waals surface area contributed by atoms with Crippen LogP contribution in [0.25, 0.3) is 0 Å². The molecule has 0 bridgehead atoms. The van der Waals surface area contributed by atoms with Crippen molar-refractivity contribution in [3.63, 3.8) is 0 Å². The highest BCUT2D eigenvalue weighted by Crippen LogP contribution is 2.29. The van der Waals surface area contributed by atoms with Crippen molar-refractivity contribution in [1.29, 1.82) is 0 Å². The Hall–Kier alpha value is -3.18. The molecule has 154 valence electrons. The molecule has 2 N–H and O–H groups in total. The summed E-state index contributed by atoms with van der Waals surface area (Å²) in [6.07, 6.45) is -0.0480. The van der Waals surface area contributed by atoms with Crippen molar-refractivity contribution >= 4 is 27.3 Å². The molecule has 0 aliphatic carbocycles. The Morgan fingerprint density at radius 1 is 1.28 bits per heavy atom. The van der Waals surface area contributed by atoms with Crippen LogP contribution in [0.4, 0.5) is 11.4 Å². The van der Waals surface area contributed by atoms with E-state index in [2.05, 4.69) is 4.72 Å². The summed E-state index contributed by atoms with van der Waals surface area (Å²) in [5, 5.41) is 20.4. The lowest BCUT2D eigenvalue weighted by Crippen LogP contribution is -2.44. The fraction of sp³-hybridized carbons (Fsp3) is 0.278. The van der Waals surface area contributed by atoms with E-state index in [1.54, 1.807) is 4.90 Å². The highest BCUT2D eigenvalue weighted by molar-refractivity contribution is 7.92. The van der Waals surface area contributed by atoms with Crippen molar-refractivity contribution in [1.82, 2.24) is 4.90 Å². The van der Waals surface area contributed by atoms with Crippen molar-refractivity contribution < 1.29 is 28.0 Å². The molecule has 1 unspecified atom stereocenters. The smallest absolute Gasteiger partial charge is 0.312 e. The number of sulfonamides is 1. The third-order valence-electron chi connectivity index (χ3n) is 4.37. The molecule has 0 saturated carbocycles. The Bertz CT molecular complexity index is 1040. The minimum absolute atomic E-state index is 0.0480. The van der Waals surface area contributed by atoms with Gasteiger partial charge in [-0.25, -0.2) is 8.42 Å². The number of benzene rings is 2. The number of carbonyl (C=O) groups excluding carboxylic acids is 1. The normalized spacial score (nSPS) is 17.0. The van der Waals surface area contributed by atoms with E-state index in [4.69, 9.17) is 4.74 Å². The number of nitro groups is 1. The van der Waals surface area contributed by atoms with E-state index < -0.39 is 26.4 Å². The largest absolute Gasteiger partial charge is 0.502 e. The first kappa shape index (κ1) is 20.6. The topological polar surface area (TPSA) is 139 Å². The number of rotatable bonds is 5. The van der Waals surface area contributed by atoms with Gasteiger partial charge in [0, 0.05) is 30.4 Å². The second-order valence-electron chi connectivity index (χ2n) is 6.52. The van der Waals surface area contributed by atoms with E-state index in [0.29, 0.717) is 25.3 Å². The average Bonchev–Trinajstić information content (AvgIpc) is 2.67. The highest BCUT2D eigenvalue weighted by atomic mass is 32.2. The van der Waals surface area contributed by atoms with Crippen molar-refractivity contribution in [2.45, 2.75) is 17.9 Å². The van der Waals surface area contributed by atoms with Crippen LogP contribution in [0.5, 0.6) is 5.75 Å². The maximum absolute atomic E-state index is 12.5. The van der Waals surface area contributed by atoms with Crippen LogP contribution in [0.1, 0.15) is 17.3 Å². The van der Waals surface area contributed by atoms with Crippen molar-refractivity contribution in [2.24, 2.45) is 0 Å². The van der Waals surface area contributed by atoms with E-state index in [-0.39, 0.29) is 22.6 Å². The highest BCUT2D eigenvalue weighted by Gasteiger charge is 2.23. The molecule has 2 aromatic rings. The molecule has 10 nitrogen and oxygen atoms in total. The number of amides is 1. The van der Waals surface area contributed by atoms with Gasteiger partial charge >= 0.3 is 5.69 Å². The number of nitrogens with one attached hydrogen (secondary N) is 1. The molecular formula is C18H19N3O7S. The maximum atomic E-state index is 12.5. The van der Waals surface area contributed by atoms with E-state index in [1.165, 1.54) is 24.3 Å². The first-order valence-corrected chi connectivity index (χ1v) is 10.2. The third-order valence-corrected chi connectivity index (χ3v) is 5.75. The Kier molecular flexibility index (Phi) is 5.71. The lowest BCUT2D eigenvalue weighted by molar-refractivity contribution is -0.386. The van der Waals surface area contributed by atoms with Crippen LogP contribution in [-0.2, 0) is 14.8 Å². The maximum Gasteiger partial charge on any atom is 0.312 e. The summed E-state index contributed by atoms with van der Waals surface area (Å²) in [4.78, 5) is 23.9. The predicted molar refractivity (Wildman–Crippen MR) is 103 cm³/mol. The SMILES string of the molecule is CC1CN(C(=O)c2ccc(NS(=O)(=O)c3ccc(O)c([N+](=O)[O-])c3)cc2)CCO1. The fourth-order valence-corrected chi connectivity index (χ4v) is 3.98. The lowest BCUT2D eigenvalue weighted by atomic mass is 10.1. The Labute approximate surface area is 166 Å². The molecule has 29 heavy (non-hydrogen) atoms. The summed E-state index contributed by atoms with van der Waals surface area (Å²) in [6.45, 7) is 3.30. The van der Waals surface area contributed by atoms with Gasteiger partial charge in [0.2, 0.25) is 0 Å². The third kappa shape index (κ3) is 4.63. The van der Waals surface area contributed by atoms with Gasteiger partial charge < -0.3 is 14.7 Å². The van der Waals surface area contributed by atoms with Crippen LogP contribution in [0.15, 0.2) is 47.4 Å². The number of hydrogen-bond acceptors (Lipinski definition) is 7. The van der Waals surface area contributed by atoms with Crippen LogP contribution >= 0.6 is 0 Å². The molecule has 1 fully saturated rings. The van der Waals surface area contributed by atoms with Gasteiger partial charge in [-0.1, -0.05) is 0 Å². The first-order valence-electron chi connectivity index (χ1n) is 8.68. The molecule has 11 heteroatoms. The number of aromatic hydroxyl groups is 1. The summed E-state index contributed by atoms with van der Waals surface area (Å²) in [5.74, 6) is -0.807. The number of anilines is 1. The predicted octanol–water partition coefficient (Wildman–Crippen LogP) is 1.96. The van der Waals surface area contributed by atoms with Gasteiger partial charge in [-0.05, 0) is 43.3 Å². The second kappa shape index (κ2) is 8.05. The summed E-state index contributed by atoms with van der Waals surface area (Å²) >= 11 is 0. The van der Waals surface area contributed by atoms with Gasteiger partial charge in [-0.15, -0.1) is 0 Å². The molecule has 1 amide bonds. The molecule has 0 spiro atoms. The zero-order valence-electron chi connectivity index (χ0n) is 15.4. The van der Waals surface area contributed by atoms with E-state index in [0.717, 1.165) is 18.2 Å². The van der Waals surface area contributed by atoms with Gasteiger partial charge in [-0.3, -0.25) is 19.6 Å². The van der Waals surface area contributed by atoms with Crippen LogP contribution in [0.2, 0.25) is 0 Å². The Morgan fingerprint density at radius 3 is 2.59 bits per heavy atom. The Balaban J connectivity index is 1.76. The van der Waals surface area contributed by atoms with Gasteiger partial charge in [0.1, 0.15) is 0 Å². The molecule has 1 saturated heterocycles. The van der Waals surface area contributed by atoms with Crippen molar-refractivity contribution in [3.8, 4) is 5.75 Å². The number of ether oxygens (including phenoxy) is 1. The van der Waals surface area contributed by atoms with E-state index in [1.807, 2.05) is 6.92 Å². The number of phenols is 1. The minimum Gasteiger partial charge on any atom is -0.502 e. The molecule has 3 rings (SSSR count). The standard InChI is InChI=1S/C18H19N3O7S/c1-12-11-20(8-9-28-12)18(23)13-2-4-14(5-3-13)19-29(26,27)15-6-7-17(22)16(10-15)21(24)25/h2-7,10,12,19,22H,8-9,11H2,1H3. The molecule has 0 radical (unpaired) electrons. The quantitative estimate of drug-likeness (QED) is 0.556. The molecular weight excluding hydrogens is 402 g/mol. The van der Waals surface area contributed by atoms with E-state index in [9.17, 15) is 28.4 Å². The monoisotopic (exact) mass is 421 g/mol. The van der Waals surface area contributed by atoms with E-state index >= 15 is 0 Å². The first-order chi connectivity index (χ1) is 13.7. The molecule has 0 aromatic heterocycles. The summed E-state index contributed by atoms with van der Waals surface area (Å²) in [5.41, 5.74) is -0.122. The molecule has 2 aromatic carbocycles. The van der Waals surface area contributed by atoms with Crippen LogP contribution in [0, 0.1) is 10.1 Å². The summed E-state index contributed by atoms with van der Waals surface area (Å²) < 4.78 is 32.7. The number of phenolic OH excluding ortho intramolecular Hbond substituents is 1. The van der Waals surface area contributed by atoms with Crippen molar-refractivity contribution in [2.75, 3.05) is 24.4 Å². The number of nitrogens with zero attached hydrogens (tertiary/aromatic N) is 2. The zero-order valence-corrected chi connectivity index (χ0v) is 16.3. The molecule has 1 aliphatic heterocycles. The molecule has 1 heterocycles. The van der Waals surface area contributed by atoms with Gasteiger partial charge in [0.05, 0.1) is 22.5 Å². The van der Waals surface area contributed by atoms with Crippen LogP contribution in [0.3, 0.4) is 0 Å². The van der Waals surface area contributed by atoms with Gasteiger partial charge in [-0.2, -0.15) is 0 Å². The summed E-state index contributed by atoms with van der Waals surface area (Å²) in [6, 6.07) is 8.64. The van der Waals surface area contributed by atoms with Gasteiger partial charge in [0.25, 0.3) is 15.9 Å². The van der Waals surface area contributed by atoms with Crippen molar-refractivity contribution in [3.05, 3.63) is 58.1 Å². The number of hydrogen-bond donors (Lipinski definition) is 2. The van der Waals surface area contributed by atoms with Gasteiger partial charge in [0.15, 0.2) is 5.75 Å². The fourth-order valence-electron chi connectivity index (χ4n) is 2.90. The zero-order chi connectivity index (χ0) is 21.2. The second-order valence-corrected chi connectivity index (χ2v) is 8.21. The summed E-state index contributed by atoms with van der Waals surface area (Å²) in [7, 11) is -4.12. The number of carbonyl (C=O) groups is 1. The van der Waals surface area contributed by atoms with Crippen LogP contribution < -0.4 is 4.72 Å². The number of morpholine rings is 1. The average molecular weight is 421 g/mol. The Morgan fingerprint density at radius 2 is 1.97 bits per heavy atom.